The van der Waals surface area contributed by atoms with Crippen LogP contribution in [0, 0.1) is 0 Å². The van der Waals surface area contributed by atoms with Crippen molar-refractivity contribution >= 4 is 49.7 Å². The minimum absolute atomic E-state index is 0. The standard InChI is InChI=1S/C5H9NO4.Ca/c6-3(5(9)10)1-2-4(7)8;/h3H,1-2,6H2,(H,7,8)(H,9,10);/q;+2/p-2. The Morgan fingerprint density at radius 2 is 1.82 bits per heavy atom. The molecule has 0 heterocycles. The van der Waals surface area contributed by atoms with Gasteiger partial charge in [0, 0.05) is 12.0 Å². The van der Waals surface area contributed by atoms with E-state index < -0.39 is 18.0 Å². The molecule has 1 unspecified atom stereocenters. The predicted molar refractivity (Wildman–Crippen MR) is 33.0 cm³/mol. The van der Waals surface area contributed by atoms with E-state index in [0.717, 1.165) is 0 Å². The predicted octanol–water partition coefficient (Wildman–Crippen LogP) is -3.79. The number of hydrogen-bond acceptors (Lipinski definition) is 5. The summed E-state index contributed by atoms with van der Waals surface area (Å²) in [6, 6.07) is -1.21. The number of carboxylic acid groups (broad SMARTS) is 2. The summed E-state index contributed by atoms with van der Waals surface area (Å²) in [5.41, 5.74) is 4.91. The van der Waals surface area contributed by atoms with Crippen molar-refractivity contribution in [2.45, 2.75) is 18.9 Å². The second-order valence-corrected chi connectivity index (χ2v) is 1.84. The Labute approximate surface area is 93.6 Å². The molecule has 0 aliphatic heterocycles. The number of carbonyl (C=O) groups excluding carboxylic acids is 2. The number of aliphatic carboxylic acids is 2. The Morgan fingerprint density at radius 1 is 1.36 bits per heavy atom. The quantitative estimate of drug-likeness (QED) is 0.452. The second kappa shape index (κ2) is 6.84. The molecule has 0 radical (unpaired) electrons. The Bertz CT molecular complexity index is 149. The van der Waals surface area contributed by atoms with Gasteiger partial charge in [-0.2, -0.15) is 0 Å². The Hall–Kier alpha value is 0.160. The minimum atomic E-state index is -1.44. The fourth-order valence-electron chi connectivity index (χ4n) is 0.391. The van der Waals surface area contributed by atoms with Crippen molar-refractivity contribution < 1.29 is 19.8 Å². The minimum Gasteiger partial charge on any atom is -0.550 e. The van der Waals surface area contributed by atoms with Crippen molar-refractivity contribution in [3.63, 3.8) is 0 Å². The number of rotatable bonds is 4. The zero-order chi connectivity index (χ0) is 8.15. The normalized spacial score (nSPS) is 11.4. The van der Waals surface area contributed by atoms with Crippen molar-refractivity contribution in [2.75, 3.05) is 0 Å². The fourth-order valence-corrected chi connectivity index (χ4v) is 0.391. The van der Waals surface area contributed by atoms with Gasteiger partial charge in [0.25, 0.3) is 0 Å². The van der Waals surface area contributed by atoms with Crippen LogP contribution in [0.5, 0.6) is 0 Å². The van der Waals surface area contributed by atoms with Gasteiger partial charge in [0.15, 0.2) is 0 Å². The van der Waals surface area contributed by atoms with Crippen LogP contribution < -0.4 is 15.9 Å². The Balaban J connectivity index is 0. The monoisotopic (exact) mass is 185 g/mol. The summed E-state index contributed by atoms with van der Waals surface area (Å²) in [5.74, 6) is -2.75. The average molecular weight is 185 g/mol. The molecule has 0 aliphatic rings. The first-order chi connectivity index (χ1) is 4.54. The topological polar surface area (TPSA) is 106 Å². The third-order valence-corrected chi connectivity index (χ3v) is 0.962. The SMILES string of the molecule is NC(CCC(=O)[O-])C(=O)[O-].[Ca+2]. The summed E-state index contributed by atoms with van der Waals surface area (Å²) in [5, 5.41) is 19.6. The van der Waals surface area contributed by atoms with Gasteiger partial charge < -0.3 is 25.5 Å². The van der Waals surface area contributed by atoms with Gasteiger partial charge in [-0.15, -0.1) is 0 Å². The van der Waals surface area contributed by atoms with Crippen LogP contribution in [-0.2, 0) is 9.59 Å². The maximum Gasteiger partial charge on any atom is 2.00 e. The van der Waals surface area contributed by atoms with Crippen LogP contribution in [0.15, 0.2) is 0 Å². The summed E-state index contributed by atoms with van der Waals surface area (Å²) in [4.78, 5) is 19.6. The van der Waals surface area contributed by atoms with E-state index in [1.165, 1.54) is 0 Å². The van der Waals surface area contributed by atoms with Gasteiger partial charge in [0.05, 0.1) is 5.97 Å². The smallest absolute Gasteiger partial charge is 0.550 e. The molecular weight excluding hydrogens is 178 g/mol. The largest absolute Gasteiger partial charge is 2.00 e. The first-order valence-corrected chi connectivity index (χ1v) is 2.70. The van der Waals surface area contributed by atoms with E-state index >= 15 is 0 Å². The van der Waals surface area contributed by atoms with Gasteiger partial charge in [-0.05, 0) is 12.8 Å². The molecule has 0 rings (SSSR count). The molecule has 0 aromatic heterocycles. The van der Waals surface area contributed by atoms with Crippen molar-refractivity contribution in [2.24, 2.45) is 5.73 Å². The van der Waals surface area contributed by atoms with E-state index in [1.807, 2.05) is 0 Å². The van der Waals surface area contributed by atoms with E-state index in [-0.39, 0.29) is 50.6 Å². The molecular formula is C5H7CaNO4. The van der Waals surface area contributed by atoms with Crippen LogP contribution in [0.1, 0.15) is 12.8 Å². The van der Waals surface area contributed by atoms with Crippen molar-refractivity contribution in [3.8, 4) is 0 Å². The summed E-state index contributed by atoms with van der Waals surface area (Å²) in [7, 11) is 0. The number of nitrogens with two attached hydrogens (primary N) is 1. The van der Waals surface area contributed by atoms with E-state index in [2.05, 4.69) is 0 Å². The van der Waals surface area contributed by atoms with Gasteiger partial charge >= 0.3 is 37.7 Å². The van der Waals surface area contributed by atoms with Crippen molar-refractivity contribution in [3.05, 3.63) is 0 Å². The maximum absolute atomic E-state index is 9.86. The molecule has 0 saturated heterocycles. The molecule has 0 aromatic carbocycles. The van der Waals surface area contributed by atoms with Gasteiger partial charge in [0.2, 0.25) is 0 Å². The second-order valence-electron chi connectivity index (χ2n) is 1.84. The van der Waals surface area contributed by atoms with Crippen LogP contribution in [0.4, 0.5) is 0 Å². The molecule has 2 N–H and O–H groups in total. The maximum atomic E-state index is 9.86. The molecule has 0 aliphatic carbocycles. The van der Waals surface area contributed by atoms with Crippen LogP contribution in [-0.4, -0.2) is 55.7 Å². The van der Waals surface area contributed by atoms with E-state index in [9.17, 15) is 19.8 Å². The third kappa shape index (κ3) is 8.06. The molecule has 0 spiro atoms. The Kier molecular flexibility index (Phi) is 8.54. The number of carbonyl (C=O) groups is 2. The van der Waals surface area contributed by atoms with Crippen molar-refractivity contribution in [1.29, 1.82) is 0 Å². The number of carboxylic acids is 2. The summed E-state index contributed by atoms with van der Waals surface area (Å²) >= 11 is 0. The van der Waals surface area contributed by atoms with Crippen LogP contribution in [0.2, 0.25) is 0 Å². The molecule has 5 nitrogen and oxygen atoms in total. The van der Waals surface area contributed by atoms with Gasteiger partial charge in [-0.3, -0.25) is 0 Å². The molecule has 6 heteroatoms. The fraction of sp³-hybridized carbons (Fsp3) is 0.600. The molecule has 58 valence electrons. The van der Waals surface area contributed by atoms with Gasteiger partial charge in [-0.1, -0.05) is 0 Å². The molecule has 0 amide bonds. The van der Waals surface area contributed by atoms with Gasteiger partial charge in [-0.25, -0.2) is 0 Å². The zero-order valence-corrected chi connectivity index (χ0v) is 8.12. The molecule has 11 heavy (non-hydrogen) atoms. The van der Waals surface area contributed by atoms with Gasteiger partial charge in [0.1, 0.15) is 0 Å². The average Bonchev–Trinajstić information content (AvgIpc) is 1.82. The third-order valence-electron chi connectivity index (χ3n) is 0.962. The molecule has 0 fully saturated rings. The summed E-state index contributed by atoms with van der Waals surface area (Å²) in [6.07, 6.45) is -0.500. The first-order valence-electron chi connectivity index (χ1n) is 2.70. The summed E-state index contributed by atoms with van der Waals surface area (Å²) < 4.78 is 0. The van der Waals surface area contributed by atoms with Crippen molar-refractivity contribution in [1.82, 2.24) is 0 Å². The molecule has 1 atom stereocenters. The van der Waals surface area contributed by atoms with E-state index in [1.54, 1.807) is 0 Å². The summed E-state index contributed by atoms with van der Waals surface area (Å²) in [6.45, 7) is 0. The van der Waals surface area contributed by atoms with Crippen LogP contribution in [0.3, 0.4) is 0 Å². The van der Waals surface area contributed by atoms with E-state index in [4.69, 9.17) is 5.73 Å². The first kappa shape index (κ1) is 13.7. The zero-order valence-electron chi connectivity index (χ0n) is 5.91. The molecule has 0 aromatic rings. The van der Waals surface area contributed by atoms with Crippen LogP contribution >= 0.6 is 0 Å². The van der Waals surface area contributed by atoms with Crippen LogP contribution in [0.25, 0.3) is 0 Å². The molecule has 0 saturated carbocycles. The Morgan fingerprint density at radius 3 is 2.09 bits per heavy atom. The van der Waals surface area contributed by atoms with E-state index in [0.29, 0.717) is 0 Å². The molecule has 0 bridgehead atoms. The number of hydrogen-bond donors (Lipinski definition) is 1.